The lowest BCUT2D eigenvalue weighted by atomic mass is 10.1. The van der Waals surface area contributed by atoms with Gasteiger partial charge in [-0.25, -0.2) is 9.97 Å². The molecule has 0 saturated carbocycles. The highest BCUT2D eigenvalue weighted by Gasteiger charge is 2.17. The van der Waals surface area contributed by atoms with Crippen molar-refractivity contribution in [3.63, 3.8) is 0 Å². The second kappa shape index (κ2) is 8.45. The van der Waals surface area contributed by atoms with E-state index in [0.29, 0.717) is 24.7 Å². The Balaban J connectivity index is 1.79. The van der Waals surface area contributed by atoms with Gasteiger partial charge in [-0.2, -0.15) is 0 Å². The van der Waals surface area contributed by atoms with Gasteiger partial charge in [0.05, 0.1) is 0 Å². The maximum absolute atomic E-state index is 12.9. The summed E-state index contributed by atoms with van der Waals surface area (Å²) in [7, 11) is 0. The molecule has 1 amide bonds. The Morgan fingerprint density at radius 3 is 2.56 bits per heavy atom. The van der Waals surface area contributed by atoms with E-state index in [-0.39, 0.29) is 5.91 Å². The van der Waals surface area contributed by atoms with Gasteiger partial charge in [-0.1, -0.05) is 42.5 Å². The molecule has 0 aliphatic rings. The summed E-state index contributed by atoms with van der Waals surface area (Å²) in [4.78, 5) is 23.4. The summed E-state index contributed by atoms with van der Waals surface area (Å²) in [6.07, 6.45) is 1.62. The van der Waals surface area contributed by atoms with E-state index < -0.39 is 0 Å². The summed E-state index contributed by atoms with van der Waals surface area (Å²) >= 11 is 0. The molecule has 0 unspecified atom stereocenters. The molecular weight excluding hydrogens is 336 g/mol. The van der Waals surface area contributed by atoms with Gasteiger partial charge in [0.15, 0.2) is 0 Å². The first-order chi connectivity index (χ1) is 13.1. The SMILES string of the molecule is CCN(Cc1ccccc1)C(=O)c1ccnc(Nc2cccc(C)c2C)n1. The van der Waals surface area contributed by atoms with Crippen LogP contribution < -0.4 is 5.32 Å². The second-order valence-electron chi connectivity index (χ2n) is 6.44. The number of carbonyl (C=O) groups is 1. The van der Waals surface area contributed by atoms with Crippen molar-refractivity contribution in [2.75, 3.05) is 11.9 Å². The van der Waals surface area contributed by atoms with Crippen molar-refractivity contribution in [3.05, 3.63) is 83.2 Å². The largest absolute Gasteiger partial charge is 0.333 e. The van der Waals surface area contributed by atoms with Crippen molar-refractivity contribution in [3.8, 4) is 0 Å². The number of nitrogens with one attached hydrogen (secondary N) is 1. The van der Waals surface area contributed by atoms with Crippen LogP contribution in [0.2, 0.25) is 0 Å². The third-order valence-corrected chi connectivity index (χ3v) is 4.61. The molecule has 5 heteroatoms. The summed E-state index contributed by atoms with van der Waals surface area (Å²) in [5.74, 6) is 0.318. The van der Waals surface area contributed by atoms with Gasteiger partial charge in [0, 0.05) is 25.0 Å². The first-order valence-corrected chi connectivity index (χ1v) is 9.08. The summed E-state index contributed by atoms with van der Waals surface area (Å²) in [5, 5.41) is 3.22. The van der Waals surface area contributed by atoms with Gasteiger partial charge in [0.1, 0.15) is 5.69 Å². The van der Waals surface area contributed by atoms with Crippen LogP contribution in [-0.4, -0.2) is 27.3 Å². The topological polar surface area (TPSA) is 58.1 Å². The zero-order valence-electron chi connectivity index (χ0n) is 15.9. The number of amides is 1. The predicted molar refractivity (Wildman–Crippen MR) is 108 cm³/mol. The van der Waals surface area contributed by atoms with E-state index in [1.54, 1.807) is 17.2 Å². The Kier molecular flexibility index (Phi) is 5.81. The molecule has 27 heavy (non-hydrogen) atoms. The minimum Gasteiger partial charge on any atom is -0.333 e. The summed E-state index contributed by atoms with van der Waals surface area (Å²) < 4.78 is 0. The van der Waals surface area contributed by atoms with E-state index in [1.807, 2.05) is 56.3 Å². The molecular formula is C22H24N4O. The summed E-state index contributed by atoms with van der Waals surface area (Å²) in [5.41, 5.74) is 4.74. The van der Waals surface area contributed by atoms with E-state index in [1.165, 1.54) is 5.56 Å². The van der Waals surface area contributed by atoms with E-state index >= 15 is 0 Å². The van der Waals surface area contributed by atoms with E-state index in [9.17, 15) is 4.79 Å². The number of carbonyl (C=O) groups excluding carboxylic acids is 1. The molecule has 3 rings (SSSR count). The maximum Gasteiger partial charge on any atom is 0.272 e. The number of hydrogen-bond acceptors (Lipinski definition) is 4. The first kappa shape index (κ1) is 18.6. The number of hydrogen-bond donors (Lipinski definition) is 1. The summed E-state index contributed by atoms with van der Waals surface area (Å²) in [6.45, 7) is 7.24. The molecule has 5 nitrogen and oxygen atoms in total. The van der Waals surface area contributed by atoms with Gasteiger partial charge in [-0.05, 0) is 49.6 Å². The lowest BCUT2D eigenvalue weighted by Crippen LogP contribution is -2.31. The van der Waals surface area contributed by atoms with Crippen LogP contribution in [0.1, 0.15) is 34.1 Å². The van der Waals surface area contributed by atoms with Crippen molar-refractivity contribution in [2.45, 2.75) is 27.3 Å². The minimum atomic E-state index is -0.104. The highest BCUT2D eigenvalue weighted by Crippen LogP contribution is 2.21. The van der Waals surface area contributed by atoms with E-state index in [0.717, 1.165) is 16.8 Å². The molecule has 1 heterocycles. The lowest BCUT2D eigenvalue weighted by molar-refractivity contribution is 0.0746. The van der Waals surface area contributed by atoms with Crippen LogP contribution in [0.3, 0.4) is 0 Å². The quantitative estimate of drug-likeness (QED) is 0.703. The molecule has 0 aliphatic carbocycles. The zero-order chi connectivity index (χ0) is 19.2. The fourth-order valence-electron chi connectivity index (χ4n) is 2.84. The van der Waals surface area contributed by atoms with Crippen LogP contribution >= 0.6 is 0 Å². The molecule has 138 valence electrons. The standard InChI is InChI=1S/C22H24N4O/c1-4-26(15-18-10-6-5-7-11-18)21(27)20-13-14-23-22(25-20)24-19-12-8-9-16(2)17(19)3/h5-14H,4,15H2,1-3H3,(H,23,24,25). The van der Waals surface area contributed by atoms with Crippen LogP contribution in [0.5, 0.6) is 0 Å². The molecule has 0 fully saturated rings. The molecule has 0 saturated heterocycles. The molecule has 1 N–H and O–H groups in total. The summed E-state index contributed by atoms with van der Waals surface area (Å²) in [6, 6.07) is 17.6. The molecule has 0 spiro atoms. The van der Waals surface area contributed by atoms with Crippen molar-refractivity contribution in [1.82, 2.24) is 14.9 Å². The number of aryl methyl sites for hydroxylation is 1. The number of rotatable bonds is 6. The first-order valence-electron chi connectivity index (χ1n) is 9.08. The number of aromatic nitrogens is 2. The zero-order valence-corrected chi connectivity index (χ0v) is 15.9. The fraction of sp³-hybridized carbons (Fsp3) is 0.227. The van der Waals surface area contributed by atoms with Gasteiger partial charge in [-0.15, -0.1) is 0 Å². The average molecular weight is 360 g/mol. The maximum atomic E-state index is 12.9. The third-order valence-electron chi connectivity index (χ3n) is 4.61. The molecule has 0 radical (unpaired) electrons. The van der Waals surface area contributed by atoms with Crippen molar-refractivity contribution in [1.29, 1.82) is 0 Å². The fourth-order valence-corrected chi connectivity index (χ4v) is 2.84. The van der Waals surface area contributed by atoms with Gasteiger partial charge < -0.3 is 10.2 Å². The second-order valence-corrected chi connectivity index (χ2v) is 6.44. The highest BCUT2D eigenvalue weighted by atomic mass is 16.2. The smallest absolute Gasteiger partial charge is 0.272 e. The monoisotopic (exact) mass is 360 g/mol. The van der Waals surface area contributed by atoms with E-state index in [4.69, 9.17) is 0 Å². The average Bonchev–Trinajstić information content (AvgIpc) is 2.70. The van der Waals surface area contributed by atoms with Crippen molar-refractivity contribution >= 4 is 17.5 Å². The van der Waals surface area contributed by atoms with E-state index in [2.05, 4.69) is 28.3 Å². The minimum absolute atomic E-state index is 0.104. The van der Waals surface area contributed by atoms with Crippen molar-refractivity contribution in [2.24, 2.45) is 0 Å². The highest BCUT2D eigenvalue weighted by molar-refractivity contribution is 5.92. The Morgan fingerprint density at radius 2 is 1.81 bits per heavy atom. The Hall–Kier alpha value is -3.21. The van der Waals surface area contributed by atoms with Gasteiger partial charge in [0.25, 0.3) is 5.91 Å². The van der Waals surface area contributed by atoms with Crippen LogP contribution in [0.15, 0.2) is 60.8 Å². The Labute approximate surface area is 160 Å². The third kappa shape index (κ3) is 4.50. The molecule has 0 atom stereocenters. The molecule has 3 aromatic rings. The van der Waals surface area contributed by atoms with Crippen LogP contribution in [0.4, 0.5) is 11.6 Å². The van der Waals surface area contributed by atoms with Gasteiger partial charge in [0.2, 0.25) is 5.95 Å². The number of anilines is 2. The Morgan fingerprint density at radius 1 is 1.04 bits per heavy atom. The van der Waals surface area contributed by atoms with Crippen molar-refractivity contribution < 1.29 is 4.79 Å². The normalized spacial score (nSPS) is 10.5. The molecule has 0 aliphatic heterocycles. The van der Waals surface area contributed by atoms with Gasteiger partial charge >= 0.3 is 0 Å². The van der Waals surface area contributed by atoms with Crippen LogP contribution in [0.25, 0.3) is 0 Å². The van der Waals surface area contributed by atoms with Crippen LogP contribution in [-0.2, 0) is 6.54 Å². The predicted octanol–water partition coefficient (Wildman–Crippen LogP) is 4.50. The Bertz CT molecular complexity index is 925. The lowest BCUT2D eigenvalue weighted by Gasteiger charge is -2.20. The number of benzene rings is 2. The molecule has 1 aromatic heterocycles. The number of nitrogens with zero attached hydrogens (tertiary/aromatic N) is 3. The van der Waals surface area contributed by atoms with Crippen LogP contribution in [0, 0.1) is 13.8 Å². The molecule has 2 aromatic carbocycles. The van der Waals surface area contributed by atoms with Gasteiger partial charge in [-0.3, -0.25) is 4.79 Å². The molecule has 0 bridgehead atoms.